The third-order valence-electron chi connectivity index (χ3n) is 0.989. The molecular formula is C8H17NO3. The minimum absolute atomic E-state index is 0.296. The minimum atomic E-state index is -1.03. The van der Waals surface area contributed by atoms with Crippen LogP contribution in [-0.4, -0.2) is 23.5 Å². The van der Waals surface area contributed by atoms with E-state index in [1.54, 1.807) is 0 Å². The molecule has 0 heterocycles. The number of amides is 1. The highest BCUT2D eigenvalue weighted by atomic mass is 16.4. The average molecular weight is 175 g/mol. The van der Waals surface area contributed by atoms with Gasteiger partial charge in [0.25, 0.3) is 0 Å². The van der Waals surface area contributed by atoms with Gasteiger partial charge in [-0.25, -0.2) is 0 Å². The number of rotatable bonds is 3. The van der Waals surface area contributed by atoms with E-state index < -0.39 is 5.97 Å². The van der Waals surface area contributed by atoms with Crippen LogP contribution in [0.25, 0.3) is 0 Å². The molecule has 1 amide bonds. The SMILES string of the molecule is CC(=O)NCC(=O)O.CCCC. The zero-order chi connectivity index (χ0) is 9.98. The predicted octanol–water partition coefficient (Wildman–Crippen LogP) is 1.01. The van der Waals surface area contributed by atoms with Gasteiger partial charge in [-0.15, -0.1) is 0 Å². The number of carbonyl (C=O) groups excluding carboxylic acids is 1. The monoisotopic (exact) mass is 175 g/mol. The van der Waals surface area contributed by atoms with Crippen LogP contribution in [0.4, 0.5) is 0 Å². The van der Waals surface area contributed by atoms with Gasteiger partial charge in [0.05, 0.1) is 0 Å². The fourth-order valence-electron chi connectivity index (χ4n) is 0.200. The summed E-state index contributed by atoms with van der Waals surface area (Å²) in [5, 5.41) is 10.1. The van der Waals surface area contributed by atoms with E-state index in [1.807, 2.05) is 0 Å². The lowest BCUT2D eigenvalue weighted by atomic mass is 10.4. The topological polar surface area (TPSA) is 66.4 Å². The van der Waals surface area contributed by atoms with Crippen molar-refractivity contribution in [3.05, 3.63) is 0 Å². The van der Waals surface area contributed by atoms with Crippen LogP contribution in [0, 0.1) is 0 Å². The van der Waals surface area contributed by atoms with E-state index in [4.69, 9.17) is 5.11 Å². The number of hydrogen-bond acceptors (Lipinski definition) is 2. The van der Waals surface area contributed by atoms with Crippen LogP contribution < -0.4 is 5.32 Å². The summed E-state index contributed by atoms with van der Waals surface area (Å²) in [7, 11) is 0. The molecule has 0 saturated carbocycles. The first-order chi connectivity index (χ1) is 5.54. The molecule has 0 atom stereocenters. The Morgan fingerprint density at radius 2 is 1.67 bits per heavy atom. The first-order valence-electron chi connectivity index (χ1n) is 4.00. The summed E-state index contributed by atoms with van der Waals surface area (Å²) in [6.45, 7) is 5.33. The summed E-state index contributed by atoms with van der Waals surface area (Å²) in [6.07, 6.45) is 2.64. The number of unbranched alkanes of at least 4 members (excludes halogenated alkanes) is 1. The summed E-state index contributed by atoms with van der Waals surface area (Å²) in [5.74, 6) is -1.35. The lowest BCUT2D eigenvalue weighted by Gasteiger charge is -1.92. The molecule has 0 rings (SSSR count). The Morgan fingerprint density at radius 3 is 1.75 bits per heavy atom. The van der Waals surface area contributed by atoms with Gasteiger partial charge < -0.3 is 10.4 Å². The van der Waals surface area contributed by atoms with Gasteiger partial charge in [0.15, 0.2) is 0 Å². The maximum Gasteiger partial charge on any atom is 0.322 e. The zero-order valence-electron chi connectivity index (χ0n) is 7.89. The zero-order valence-corrected chi connectivity index (χ0v) is 7.89. The van der Waals surface area contributed by atoms with Crippen molar-refractivity contribution in [2.24, 2.45) is 0 Å². The second-order valence-corrected chi connectivity index (χ2v) is 2.30. The number of aliphatic carboxylic acids is 1. The van der Waals surface area contributed by atoms with Crippen molar-refractivity contribution >= 4 is 11.9 Å². The van der Waals surface area contributed by atoms with Crippen LogP contribution in [-0.2, 0) is 9.59 Å². The molecular weight excluding hydrogens is 158 g/mol. The molecule has 12 heavy (non-hydrogen) atoms. The number of carboxylic acid groups (broad SMARTS) is 1. The van der Waals surface area contributed by atoms with Gasteiger partial charge in [0, 0.05) is 6.92 Å². The van der Waals surface area contributed by atoms with Crippen LogP contribution in [0.3, 0.4) is 0 Å². The van der Waals surface area contributed by atoms with Gasteiger partial charge >= 0.3 is 5.97 Å². The molecule has 0 aliphatic rings. The van der Waals surface area contributed by atoms with Crippen molar-refractivity contribution in [1.82, 2.24) is 5.32 Å². The molecule has 2 N–H and O–H groups in total. The summed E-state index contributed by atoms with van der Waals surface area (Å²) in [5.41, 5.74) is 0. The lowest BCUT2D eigenvalue weighted by molar-refractivity contribution is -0.137. The number of nitrogens with one attached hydrogen (secondary N) is 1. The average Bonchev–Trinajstić information content (AvgIpc) is 2.01. The highest BCUT2D eigenvalue weighted by Gasteiger charge is 1.94. The third kappa shape index (κ3) is 23.1. The van der Waals surface area contributed by atoms with Crippen LogP contribution >= 0.6 is 0 Å². The third-order valence-corrected chi connectivity index (χ3v) is 0.989. The quantitative estimate of drug-likeness (QED) is 0.672. The summed E-state index contributed by atoms with van der Waals surface area (Å²) in [6, 6.07) is 0. The molecule has 0 radical (unpaired) electrons. The molecule has 72 valence electrons. The minimum Gasteiger partial charge on any atom is -0.480 e. The Hall–Kier alpha value is -1.06. The largest absolute Gasteiger partial charge is 0.480 e. The molecule has 4 nitrogen and oxygen atoms in total. The molecule has 0 bridgehead atoms. The molecule has 0 aromatic carbocycles. The van der Waals surface area contributed by atoms with Gasteiger partial charge in [0.1, 0.15) is 6.54 Å². The first-order valence-corrected chi connectivity index (χ1v) is 4.00. The summed E-state index contributed by atoms with van der Waals surface area (Å²) >= 11 is 0. The summed E-state index contributed by atoms with van der Waals surface area (Å²) < 4.78 is 0. The van der Waals surface area contributed by atoms with Crippen LogP contribution in [0.1, 0.15) is 33.6 Å². The van der Waals surface area contributed by atoms with Crippen molar-refractivity contribution in [3.63, 3.8) is 0 Å². The lowest BCUT2D eigenvalue weighted by Crippen LogP contribution is -2.26. The Balaban J connectivity index is 0. The van der Waals surface area contributed by atoms with Crippen LogP contribution in [0.5, 0.6) is 0 Å². The number of carboxylic acids is 1. The van der Waals surface area contributed by atoms with Crippen molar-refractivity contribution < 1.29 is 14.7 Å². The van der Waals surface area contributed by atoms with E-state index in [-0.39, 0.29) is 12.5 Å². The fraction of sp³-hybridized carbons (Fsp3) is 0.750. The summed E-state index contributed by atoms with van der Waals surface area (Å²) in [4.78, 5) is 19.7. The van der Waals surface area contributed by atoms with E-state index in [2.05, 4.69) is 19.2 Å². The van der Waals surface area contributed by atoms with E-state index in [0.717, 1.165) is 0 Å². The van der Waals surface area contributed by atoms with Crippen LogP contribution in [0.2, 0.25) is 0 Å². The van der Waals surface area contributed by atoms with E-state index in [9.17, 15) is 9.59 Å². The Morgan fingerprint density at radius 1 is 1.25 bits per heavy atom. The second kappa shape index (κ2) is 9.94. The molecule has 0 fully saturated rings. The van der Waals surface area contributed by atoms with E-state index >= 15 is 0 Å². The first kappa shape index (κ1) is 13.5. The molecule has 0 unspecified atom stereocenters. The van der Waals surface area contributed by atoms with Crippen molar-refractivity contribution in [2.45, 2.75) is 33.6 Å². The van der Waals surface area contributed by atoms with Crippen molar-refractivity contribution in [1.29, 1.82) is 0 Å². The highest BCUT2D eigenvalue weighted by molar-refractivity contribution is 5.79. The fourth-order valence-corrected chi connectivity index (χ4v) is 0.200. The van der Waals surface area contributed by atoms with Gasteiger partial charge in [0.2, 0.25) is 5.91 Å². The second-order valence-electron chi connectivity index (χ2n) is 2.30. The maximum atomic E-state index is 9.97. The Labute approximate surface area is 73.0 Å². The van der Waals surface area contributed by atoms with Gasteiger partial charge in [-0.3, -0.25) is 9.59 Å². The van der Waals surface area contributed by atoms with Gasteiger partial charge in [-0.2, -0.15) is 0 Å². The van der Waals surface area contributed by atoms with Gasteiger partial charge in [-0.1, -0.05) is 26.7 Å². The van der Waals surface area contributed by atoms with Crippen LogP contribution in [0.15, 0.2) is 0 Å². The molecule has 4 heteroatoms. The molecule has 0 aromatic heterocycles. The Kier molecular flexibility index (Phi) is 11.2. The van der Waals surface area contributed by atoms with Crippen molar-refractivity contribution in [2.75, 3.05) is 6.54 Å². The number of hydrogen-bond donors (Lipinski definition) is 2. The Bertz CT molecular complexity index is 118. The molecule has 0 aromatic rings. The molecule has 0 aliphatic heterocycles. The molecule has 0 saturated heterocycles. The van der Waals surface area contributed by atoms with E-state index in [0.29, 0.717) is 0 Å². The molecule has 0 spiro atoms. The van der Waals surface area contributed by atoms with Gasteiger partial charge in [-0.05, 0) is 0 Å². The standard InChI is InChI=1S/C4H7NO3.C4H10/c1-3(6)5-2-4(7)8;1-3-4-2/h2H2,1H3,(H,5,6)(H,7,8);3-4H2,1-2H3. The highest BCUT2D eigenvalue weighted by Crippen LogP contribution is 1.76. The predicted molar refractivity (Wildman–Crippen MR) is 46.9 cm³/mol. The normalized spacial score (nSPS) is 7.92. The van der Waals surface area contributed by atoms with Crippen molar-refractivity contribution in [3.8, 4) is 0 Å². The smallest absolute Gasteiger partial charge is 0.322 e. The maximum absolute atomic E-state index is 9.97. The van der Waals surface area contributed by atoms with E-state index in [1.165, 1.54) is 19.8 Å². The number of carbonyl (C=O) groups is 2. The molecule has 0 aliphatic carbocycles.